The zero-order chi connectivity index (χ0) is 19.8. The van der Waals surface area contributed by atoms with Crippen LogP contribution in [-0.4, -0.2) is 96.0 Å². The summed E-state index contributed by atoms with van der Waals surface area (Å²) in [5.41, 5.74) is 0. The van der Waals surface area contributed by atoms with E-state index >= 15 is 0 Å². The van der Waals surface area contributed by atoms with E-state index in [9.17, 15) is 9.59 Å². The van der Waals surface area contributed by atoms with Gasteiger partial charge in [0.15, 0.2) is 0 Å². The molecule has 0 saturated heterocycles. The zero-order valence-electron chi connectivity index (χ0n) is 17.0. The molecule has 2 N–H and O–H groups in total. The molecule has 0 spiro atoms. The van der Waals surface area contributed by atoms with Crippen LogP contribution < -0.4 is 10.6 Å². The first-order valence-electron chi connectivity index (χ1n) is 9.25. The highest BCUT2D eigenvalue weighted by Gasteiger charge is 2.26. The summed E-state index contributed by atoms with van der Waals surface area (Å²) < 4.78 is 16.3. The molecule has 0 aromatic heterocycles. The number of amides is 1. The van der Waals surface area contributed by atoms with Gasteiger partial charge in [-0.1, -0.05) is 13.8 Å². The van der Waals surface area contributed by atoms with Crippen molar-refractivity contribution in [2.75, 3.05) is 73.4 Å². The van der Waals surface area contributed by atoms with E-state index in [-0.39, 0.29) is 30.2 Å². The summed E-state index contributed by atoms with van der Waals surface area (Å²) in [4.78, 5) is 25.2. The van der Waals surface area contributed by atoms with Gasteiger partial charge in [-0.25, -0.2) is 0 Å². The van der Waals surface area contributed by atoms with Crippen molar-refractivity contribution in [2.24, 2.45) is 5.92 Å². The molecule has 0 rings (SSSR count). The Balaban J connectivity index is 3.81. The normalized spacial score (nSPS) is 12.6. The maximum Gasteiger partial charge on any atom is 0.237 e. The first-order chi connectivity index (χ1) is 12.4. The molecule has 0 aliphatic heterocycles. The van der Waals surface area contributed by atoms with Crippen LogP contribution in [0.4, 0.5) is 0 Å². The van der Waals surface area contributed by atoms with E-state index in [0.29, 0.717) is 46.2 Å². The van der Waals surface area contributed by atoms with Crippen molar-refractivity contribution in [3.63, 3.8) is 0 Å². The number of ether oxygens (including phenoxy) is 3. The second-order valence-electron chi connectivity index (χ2n) is 6.53. The Kier molecular flexibility index (Phi) is 15.5. The number of nitrogens with one attached hydrogen (secondary N) is 2. The van der Waals surface area contributed by atoms with Gasteiger partial charge in [0, 0.05) is 13.1 Å². The summed E-state index contributed by atoms with van der Waals surface area (Å²) in [5, 5.41) is 5.69. The molecule has 0 unspecified atom stereocenters. The minimum absolute atomic E-state index is 0.0562. The van der Waals surface area contributed by atoms with Gasteiger partial charge in [0.25, 0.3) is 0 Å². The predicted octanol–water partition coefficient (Wildman–Crippen LogP) is -0.0828. The molecule has 0 heterocycles. The molecule has 0 aliphatic rings. The number of ketones is 1. The number of carbonyl (C=O) groups is 2. The van der Waals surface area contributed by atoms with Gasteiger partial charge in [-0.2, -0.15) is 0 Å². The van der Waals surface area contributed by atoms with E-state index in [2.05, 4.69) is 10.6 Å². The third-order valence-electron chi connectivity index (χ3n) is 3.72. The third-order valence-corrected chi connectivity index (χ3v) is 3.72. The van der Waals surface area contributed by atoms with Crippen LogP contribution in [0.15, 0.2) is 0 Å². The molecule has 0 radical (unpaired) electrons. The Morgan fingerprint density at radius 3 is 2.00 bits per heavy atom. The molecule has 8 heteroatoms. The fraction of sp³-hybridized carbons (Fsp3) is 0.889. The fourth-order valence-electron chi connectivity index (χ4n) is 2.39. The molecule has 8 nitrogen and oxygen atoms in total. The summed E-state index contributed by atoms with van der Waals surface area (Å²) >= 11 is 0. The van der Waals surface area contributed by atoms with Gasteiger partial charge in [-0.15, -0.1) is 0 Å². The lowest BCUT2D eigenvalue weighted by Gasteiger charge is -2.29. The van der Waals surface area contributed by atoms with Crippen molar-refractivity contribution >= 4 is 11.7 Å². The van der Waals surface area contributed by atoms with Gasteiger partial charge in [0.05, 0.1) is 52.2 Å². The molecular weight excluding hydrogens is 338 g/mol. The molecule has 0 aromatic rings. The molecule has 0 aromatic carbocycles. The number of carbonyl (C=O) groups excluding carboxylic acids is 2. The lowest BCUT2D eigenvalue weighted by molar-refractivity contribution is -0.129. The van der Waals surface area contributed by atoms with E-state index in [1.807, 2.05) is 32.8 Å². The smallest absolute Gasteiger partial charge is 0.237 e. The lowest BCUT2D eigenvalue weighted by Crippen LogP contribution is -2.50. The average molecular weight is 376 g/mol. The van der Waals surface area contributed by atoms with Crippen LogP contribution in [-0.2, 0) is 23.8 Å². The fourth-order valence-corrected chi connectivity index (χ4v) is 2.39. The molecule has 0 bridgehead atoms. The summed E-state index contributed by atoms with van der Waals surface area (Å²) in [5.74, 6) is -0.0446. The van der Waals surface area contributed by atoms with Gasteiger partial charge in [-0.3, -0.25) is 14.5 Å². The third kappa shape index (κ3) is 13.2. The molecule has 0 saturated carbocycles. The SMILES string of the molecule is CNCCOCCOCCOCCN(C)[C@H](C(=O)NCC(C)=O)C(C)C. The van der Waals surface area contributed by atoms with Gasteiger partial charge >= 0.3 is 0 Å². The van der Waals surface area contributed by atoms with Crippen molar-refractivity contribution in [3.8, 4) is 0 Å². The highest BCUT2D eigenvalue weighted by molar-refractivity contribution is 5.87. The Hall–Kier alpha value is -1.06. The Labute approximate surface area is 157 Å². The minimum Gasteiger partial charge on any atom is -0.378 e. The van der Waals surface area contributed by atoms with Gasteiger partial charge < -0.3 is 24.8 Å². The number of hydrogen-bond donors (Lipinski definition) is 2. The Bertz CT molecular complexity index is 380. The number of rotatable bonds is 17. The number of nitrogens with zero attached hydrogens (tertiary/aromatic N) is 1. The Morgan fingerprint density at radius 2 is 1.50 bits per heavy atom. The summed E-state index contributed by atoms with van der Waals surface area (Å²) in [6, 6.07) is -0.288. The first-order valence-corrected chi connectivity index (χ1v) is 9.25. The average Bonchev–Trinajstić information content (AvgIpc) is 2.57. The lowest BCUT2D eigenvalue weighted by atomic mass is 10.0. The van der Waals surface area contributed by atoms with Crippen molar-refractivity contribution < 1.29 is 23.8 Å². The molecular formula is C18H37N3O5. The van der Waals surface area contributed by atoms with Crippen LogP contribution in [0, 0.1) is 5.92 Å². The monoisotopic (exact) mass is 375 g/mol. The molecule has 0 fully saturated rings. The van der Waals surface area contributed by atoms with E-state index in [1.54, 1.807) is 0 Å². The van der Waals surface area contributed by atoms with Crippen LogP contribution in [0.5, 0.6) is 0 Å². The largest absolute Gasteiger partial charge is 0.378 e. The minimum atomic E-state index is -0.288. The van der Waals surface area contributed by atoms with Crippen molar-refractivity contribution in [2.45, 2.75) is 26.8 Å². The topological polar surface area (TPSA) is 89.1 Å². The van der Waals surface area contributed by atoms with Gasteiger partial charge in [-0.05, 0) is 26.9 Å². The highest BCUT2D eigenvalue weighted by atomic mass is 16.5. The summed E-state index contributed by atoms with van der Waals surface area (Å²) in [6.07, 6.45) is 0. The standard InChI is InChI=1S/C18H37N3O5/c1-15(2)17(18(23)20-14-16(3)22)21(5)7-9-25-11-13-26-12-10-24-8-6-19-4/h15,17,19H,6-14H2,1-5H3,(H,20,23)/t17-/m0/s1. The van der Waals surface area contributed by atoms with Crippen molar-refractivity contribution in [3.05, 3.63) is 0 Å². The van der Waals surface area contributed by atoms with E-state index in [4.69, 9.17) is 14.2 Å². The predicted molar refractivity (Wildman–Crippen MR) is 101 cm³/mol. The van der Waals surface area contributed by atoms with Crippen molar-refractivity contribution in [1.82, 2.24) is 15.5 Å². The molecule has 26 heavy (non-hydrogen) atoms. The summed E-state index contributed by atoms with van der Waals surface area (Å²) in [7, 11) is 3.77. The molecule has 1 atom stereocenters. The molecule has 0 aliphatic carbocycles. The zero-order valence-corrected chi connectivity index (χ0v) is 17.0. The van der Waals surface area contributed by atoms with Crippen LogP contribution >= 0.6 is 0 Å². The first kappa shape index (κ1) is 24.9. The van der Waals surface area contributed by atoms with Crippen LogP contribution in [0.3, 0.4) is 0 Å². The van der Waals surface area contributed by atoms with Gasteiger partial charge in [0.1, 0.15) is 5.78 Å². The maximum atomic E-state index is 12.3. The number of hydrogen-bond acceptors (Lipinski definition) is 7. The van der Waals surface area contributed by atoms with E-state index < -0.39 is 0 Å². The van der Waals surface area contributed by atoms with E-state index in [1.165, 1.54) is 6.92 Å². The quantitative estimate of drug-likeness (QED) is 0.344. The highest BCUT2D eigenvalue weighted by Crippen LogP contribution is 2.09. The molecule has 154 valence electrons. The van der Waals surface area contributed by atoms with Crippen LogP contribution in [0.2, 0.25) is 0 Å². The second kappa shape index (κ2) is 16.1. The van der Waals surface area contributed by atoms with Crippen LogP contribution in [0.1, 0.15) is 20.8 Å². The summed E-state index contributed by atoms with van der Waals surface area (Å²) in [6.45, 7) is 10.3. The Morgan fingerprint density at radius 1 is 0.962 bits per heavy atom. The molecule has 1 amide bonds. The second-order valence-corrected chi connectivity index (χ2v) is 6.53. The van der Waals surface area contributed by atoms with E-state index in [0.717, 1.165) is 6.54 Å². The maximum absolute atomic E-state index is 12.3. The number of Topliss-reactive ketones (excluding diaryl/α,β-unsaturated/α-hetero) is 1. The number of likely N-dealkylation sites (N-methyl/N-ethyl adjacent to an activating group) is 2. The van der Waals surface area contributed by atoms with Crippen LogP contribution in [0.25, 0.3) is 0 Å². The van der Waals surface area contributed by atoms with Crippen molar-refractivity contribution in [1.29, 1.82) is 0 Å². The van der Waals surface area contributed by atoms with Gasteiger partial charge in [0.2, 0.25) is 5.91 Å².